The smallest absolute Gasteiger partial charge is 0.126 e. The van der Waals surface area contributed by atoms with Crippen molar-refractivity contribution in [2.75, 3.05) is 0 Å². The highest BCUT2D eigenvalue weighted by Gasteiger charge is 2.26. The molecule has 2 heteroatoms. The molecule has 0 spiro atoms. The zero-order valence-electron chi connectivity index (χ0n) is 12.6. The fourth-order valence-electron chi connectivity index (χ4n) is 1.98. The van der Waals surface area contributed by atoms with Crippen molar-refractivity contribution in [2.45, 2.75) is 65.2 Å². The van der Waals surface area contributed by atoms with Gasteiger partial charge in [-0.25, -0.2) is 0 Å². The van der Waals surface area contributed by atoms with Gasteiger partial charge in [0.25, 0.3) is 0 Å². The molecule has 0 aromatic heterocycles. The molecule has 1 nitrogen and oxygen atoms in total. The Hall–Kier alpha value is -0.550. The molecule has 0 N–H and O–H groups in total. The van der Waals surface area contributed by atoms with Gasteiger partial charge in [-0.05, 0) is 35.3 Å². The molecule has 1 atom stereocenters. The summed E-state index contributed by atoms with van der Waals surface area (Å²) in [6.07, 6.45) is 2.24. The van der Waals surface area contributed by atoms with E-state index in [-0.39, 0.29) is 10.8 Å². The van der Waals surface area contributed by atoms with Gasteiger partial charge in [0.15, 0.2) is 0 Å². The van der Waals surface area contributed by atoms with Crippen LogP contribution in [0.25, 0.3) is 0 Å². The van der Waals surface area contributed by atoms with E-state index in [1.807, 2.05) is 0 Å². The quantitative estimate of drug-likeness (QED) is 0.663. The summed E-state index contributed by atoms with van der Waals surface area (Å²) in [5.41, 5.74) is 3.07. The van der Waals surface area contributed by atoms with Crippen molar-refractivity contribution >= 4 is 9.47 Å². The van der Waals surface area contributed by atoms with E-state index in [1.165, 1.54) is 11.1 Å². The van der Waals surface area contributed by atoms with Crippen molar-refractivity contribution in [3.8, 4) is 5.75 Å². The van der Waals surface area contributed by atoms with E-state index in [0.717, 1.165) is 18.6 Å². The molecular weight excluding hydrogens is 239 g/mol. The predicted octanol–water partition coefficient (Wildman–Crippen LogP) is 5.23. The Morgan fingerprint density at radius 2 is 1.56 bits per heavy atom. The average Bonchev–Trinajstić information content (AvgIpc) is 2.37. The van der Waals surface area contributed by atoms with Crippen molar-refractivity contribution in [3.63, 3.8) is 0 Å². The summed E-state index contributed by atoms with van der Waals surface area (Å²) < 4.78 is 5.45. The van der Waals surface area contributed by atoms with E-state index in [9.17, 15) is 0 Å². The third-order valence-electron chi connectivity index (χ3n) is 4.38. The molecule has 0 aliphatic carbocycles. The second-order valence-electron chi connectivity index (χ2n) is 6.30. The zero-order valence-corrected chi connectivity index (χ0v) is 13.8. The Kier molecular flexibility index (Phi) is 4.84. The topological polar surface area (TPSA) is 9.23 Å². The molecule has 0 aliphatic rings. The Morgan fingerprint density at radius 1 is 1.00 bits per heavy atom. The summed E-state index contributed by atoms with van der Waals surface area (Å²) in [6.45, 7) is 13.6. The maximum absolute atomic E-state index is 5.45. The standard InChI is InChI=1S/C16H27OP/c1-7-15(3,4)12-9-10-14(17-18)13(11-12)16(5,6)8-2/h9-11H,7-8,18H2,1-6H3. The van der Waals surface area contributed by atoms with Gasteiger partial charge in [0.05, 0.1) is 9.47 Å². The Morgan fingerprint density at radius 3 is 2.00 bits per heavy atom. The highest BCUT2D eigenvalue weighted by Crippen LogP contribution is 2.38. The van der Waals surface area contributed by atoms with Crippen molar-refractivity contribution in [2.24, 2.45) is 0 Å². The summed E-state index contributed by atoms with van der Waals surface area (Å²) in [7, 11) is 2.36. The van der Waals surface area contributed by atoms with Gasteiger partial charge in [0.2, 0.25) is 0 Å². The van der Waals surface area contributed by atoms with E-state index in [4.69, 9.17) is 4.52 Å². The van der Waals surface area contributed by atoms with E-state index in [0.29, 0.717) is 0 Å². The molecule has 0 heterocycles. The molecule has 102 valence electrons. The van der Waals surface area contributed by atoms with Crippen LogP contribution in [0.4, 0.5) is 0 Å². The Bertz CT molecular complexity index is 408. The van der Waals surface area contributed by atoms with Crippen molar-refractivity contribution in [3.05, 3.63) is 29.3 Å². The third-order valence-corrected chi connectivity index (χ3v) is 4.64. The molecule has 0 bridgehead atoms. The summed E-state index contributed by atoms with van der Waals surface area (Å²) in [6, 6.07) is 6.62. The lowest BCUT2D eigenvalue weighted by Gasteiger charge is -2.30. The largest absolute Gasteiger partial charge is 0.480 e. The van der Waals surface area contributed by atoms with Gasteiger partial charge in [0, 0.05) is 5.56 Å². The van der Waals surface area contributed by atoms with Crippen molar-refractivity contribution < 1.29 is 4.52 Å². The first-order valence-corrected chi connectivity index (χ1v) is 7.27. The minimum atomic E-state index is 0.145. The van der Waals surface area contributed by atoms with E-state index in [2.05, 4.69) is 69.2 Å². The first kappa shape index (κ1) is 15.5. The fraction of sp³-hybridized carbons (Fsp3) is 0.625. The van der Waals surface area contributed by atoms with E-state index in [1.54, 1.807) is 0 Å². The normalized spacial score (nSPS) is 12.6. The number of benzene rings is 1. The highest BCUT2D eigenvalue weighted by atomic mass is 31.0. The van der Waals surface area contributed by atoms with Gasteiger partial charge in [0.1, 0.15) is 5.75 Å². The van der Waals surface area contributed by atoms with Crippen molar-refractivity contribution in [1.82, 2.24) is 0 Å². The summed E-state index contributed by atoms with van der Waals surface area (Å²) in [5.74, 6) is 0.975. The molecule has 1 unspecified atom stereocenters. The second-order valence-corrected chi connectivity index (χ2v) is 6.54. The van der Waals surface area contributed by atoms with Crippen LogP contribution in [0.1, 0.15) is 65.5 Å². The van der Waals surface area contributed by atoms with Gasteiger partial charge in [-0.1, -0.05) is 53.7 Å². The van der Waals surface area contributed by atoms with Gasteiger partial charge >= 0.3 is 0 Å². The Balaban J connectivity index is 3.35. The Labute approximate surface area is 115 Å². The lowest BCUT2D eigenvalue weighted by atomic mass is 9.76. The number of hydrogen-bond acceptors (Lipinski definition) is 1. The fourth-order valence-corrected chi connectivity index (χ4v) is 2.18. The molecule has 0 aliphatic heterocycles. The van der Waals surface area contributed by atoms with E-state index < -0.39 is 0 Å². The molecule has 0 saturated heterocycles. The summed E-state index contributed by atoms with van der Waals surface area (Å²) >= 11 is 0. The lowest BCUT2D eigenvalue weighted by Crippen LogP contribution is -2.20. The minimum absolute atomic E-state index is 0.145. The molecule has 18 heavy (non-hydrogen) atoms. The van der Waals surface area contributed by atoms with Gasteiger partial charge in [-0.2, -0.15) is 0 Å². The molecule has 1 rings (SSSR count). The monoisotopic (exact) mass is 266 g/mol. The summed E-state index contributed by atoms with van der Waals surface area (Å²) in [5, 5.41) is 0. The van der Waals surface area contributed by atoms with Crippen LogP contribution in [0.2, 0.25) is 0 Å². The van der Waals surface area contributed by atoms with Crippen LogP contribution in [0.5, 0.6) is 5.75 Å². The third kappa shape index (κ3) is 3.06. The second kappa shape index (κ2) is 5.61. The molecule has 1 aromatic rings. The molecule has 0 saturated carbocycles. The first-order valence-electron chi connectivity index (χ1n) is 6.80. The molecule has 0 radical (unpaired) electrons. The maximum atomic E-state index is 5.45. The molecule has 1 aromatic carbocycles. The van der Waals surface area contributed by atoms with Gasteiger partial charge in [-0.3, -0.25) is 0 Å². The molecule has 0 fully saturated rings. The van der Waals surface area contributed by atoms with Crippen LogP contribution in [0, 0.1) is 0 Å². The van der Waals surface area contributed by atoms with Crippen LogP contribution < -0.4 is 4.52 Å². The van der Waals surface area contributed by atoms with Crippen LogP contribution in [-0.2, 0) is 10.8 Å². The van der Waals surface area contributed by atoms with E-state index >= 15 is 0 Å². The SMILES string of the molecule is CCC(C)(C)c1ccc(OP)c(C(C)(C)CC)c1. The van der Waals surface area contributed by atoms with Gasteiger partial charge in [-0.15, -0.1) is 0 Å². The van der Waals surface area contributed by atoms with Crippen LogP contribution in [0.3, 0.4) is 0 Å². The van der Waals surface area contributed by atoms with Crippen LogP contribution in [-0.4, -0.2) is 0 Å². The lowest BCUT2D eigenvalue weighted by molar-refractivity contribution is 0.473. The van der Waals surface area contributed by atoms with Gasteiger partial charge < -0.3 is 4.52 Å². The zero-order chi connectivity index (χ0) is 14.0. The predicted molar refractivity (Wildman–Crippen MR) is 83.4 cm³/mol. The molecule has 0 amide bonds. The maximum Gasteiger partial charge on any atom is 0.126 e. The first-order chi connectivity index (χ1) is 8.28. The number of rotatable bonds is 5. The van der Waals surface area contributed by atoms with Crippen molar-refractivity contribution in [1.29, 1.82) is 0 Å². The highest BCUT2D eigenvalue weighted by molar-refractivity contribution is 7.10. The average molecular weight is 266 g/mol. The minimum Gasteiger partial charge on any atom is -0.480 e. The number of hydrogen-bond donors (Lipinski definition) is 0. The van der Waals surface area contributed by atoms with Crippen LogP contribution in [0.15, 0.2) is 18.2 Å². The molecular formula is C16H27OP. The summed E-state index contributed by atoms with van der Waals surface area (Å²) in [4.78, 5) is 0. The van der Waals surface area contributed by atoms with Crippen LogP contribution >= 0.6 is 9.47 Å².